The van der Waals surface area contributed by atoms with Crippen molar-refractivity contribution in [2.45, 2.75) is 44.2 Å². The molecule has 1 aromatic carbocycles. The molecule has 5 heteroatoms. The van der Waals surface area contributed by atoms with E-state index in [9.17, 15) is 8.42 Å². The monoisotopic (exact) mass is 311 g/mol. The summed E-state index contributed by atoms with van der Waals surface area (Å²) in [5.41, 5.74) is 1.01. The minimum Gasteiger partial charge on any atom is -0.497 e. The molecule has 1 N–H and O–H groups in total. The van der Waals surface area contributed by atoms with Crippen molar-refractivity contribution in [1.82, 2.24) is 5.32 Å². The van der Waals surface area contributed by atoms with E-state index in [1.54, 1.807) is 7.11 Å². The van der Waals surface area contributed by atoms with E-state index in [4.69, 9.17) is 4.74 Å². The zero-order chi connectivity index (χ0) is 15.3. The lowest BCUT2D eigenvalue weighted by molar-refractivity contribution is 0.347. The number of hydrogen-bond acceptors (Lipinski definition) is 4. The van der Waals surface area contributed by atoms with Gasteiger partial charge in [-0.1, -0.05) is 31.4 Å². The fraction of sp³-hybridized carbons (Fsp3) is 0.625. The third-order valence-corrected chi connectivity index (χ3v) is 4.97. The molecule has 1 saturated carbocycles. The number of benzene rings is 1. The normalized spacial score (nSPS) is 18.4. The minimum atomic E-state index is -3.03. The van der Waals surface area contributed by atoms with Gasteiger partial charge in [-0.15, -0.1) is 0 Å². The van der Waals surface area contributed by atoms with E-state index in [2.05, 4.69) is 5.32 Å². The molecular formula is C16H25NO3S. The van der Waals surface area contributed by atoms with Crippen LogP contribution < -0.4 is 10.1 Å². The quantitative estimate of drug-likeness (QED) is 0.877. The molecule has 0 bridgehead atoms. The van der Waals surface area contributed by atoms with Crippen LogP contribution in [0, 0.1) is 0 Å². The van der Waals surface area contributed by atoms with Crippen LogP contribution in [-0.2, 0) is 9.84 Å². The lowest BCUT2D eigenvalue weighted by Gasteiger charge is -2.28. The highest BCUT2D eigenvalue weighted by molar-refractivity contribution is 7.90. The van der Waals surface area contributed by atoms with Gasteiger partial charge in [-0.25, -0.2) is 8.42 Å². The second-order valence-corrected chi connectivity index (χ2v) is 8.10. The Labute approximate surface area is 127 Å². The summed E-state index contributed by atoms with van der Waals surface area (Å²) >= 11 is 0. The van der Waals surface area contributed by atoms with E-state index >= 15 is 0 Å². The van der Waals surface area contributed by atoms with Crippen molar-refractivity contribution in [1.29, 1.82) is 0 Å². The Morgan fingerprint density at radius 2 is 1.81 bits per heavy atom. The third kappa shape index (κ3) is 5.32. The first-order chi connectivity index (χ1) is 9.98. The number of ether oxygens (including phenoxy) is 1. The Hall–Kier alpha value is -1.07. The van der Waals surface area contributed by atoms with Crippen molar-refractivity contribution in [3.8, 4) is 5.75 Å². The SMILES string of the molecule is COc1ccc(C(CS(C)(=O)=O)NC2CCCCC2)cc1. The van der Waals surface area contributed by atoms with Gasteiger partial charge in [-0.3, -0.25) is 0 Å². The second kappa shape index (κ2) is 7.27. The van der Waals surface area contributed by atoms with Crippen LogP contribution in [0.1, 0.15) is 43.7 Å². The number of nitrogens with one attached hydrogen (secondary N) is 1. The molecule has 1 aliphatic rings. The van der Waals surface area contributed by atoms with Crippen molar-refractivity contribution in [2.24, 2.45) is 0 Å². The van der Waals surface area contributed by atoms with Crippen LogP contribution in [0.4, 0.5) is 0 Å². The van der Waals surface area contributed by atoms with E-state index < -0.39 is 9.84 Å². The summed E-state index contributed by atoms with van der Waals surface area (Å²) in [6, 6.07) is 7.94. The highest BCUT2D eigenvalue weighted by Gasteiger charge is 2.22. The third-order valence-electron chi connectivity index (χ3n) is 4.03. The van der Waals surface area contributed by atoms with Gasteiger partial charge < -0.3 is 10.1 Å². The summed E-state index contributed by atoms with van der Waals surface area (Å²) < 4.78 is 28.6. The van der Waals surface area contributed by atoms with Gasteiger partial charge in [0.2, 0.25) is 0 Å². The second-order valence-electron chi connectivity index (χ2n) is 5.92. The van der Waals surface area contributed by atoms with Crippen LogP contribution in [-0.4, -0.2) is 33.6 Å². The largest absolute Gasteiger partial charge is 0.497 e. The summed E-state index contributed by atoms with van der Waals surface area (Å²) in [6.45, 7) is 0. The minimum absolute atomic E-state index is 0.135. The van der Waals surface area contributed by atoms with Crippen LogP contribution in [0.5, 0.6) is 5.75 Å². The predicted molar refractivity (Wildman–Crippen MR) is 85.5 cm³/mol. The van der Waals surface area contributed by atoms with Gasteiger partial charge in [0.1, 0.15) is 15.6 Å². The Morgan fingerprint density at radius 1 is 1.19 bits per heavy atom. The Bertz CT molecular complexity index is 533. The standard InChI is InChI=1S/C16H25NO3S/c1-20-15-10-8-13(9-11-15)16(12-21(2,18)19)17-14-6-4-3-5-7-14/h8-11,14,16-17H,3-7,12H2,1-2H3. The Kier molecular flexibility index (Phi) is 5.65. The van der Waals surface area contributed by atoms with Crippen molar-refractivity contribution in [2.75, 3.05) is 19.1 Å². The maximum atomic E-state index is 11.7. The number of sulfone groups is 1. The fourth-order valence-electron chi connectivity index (χ4n) is 2.93. The first-order valence-corrected chi connectivity index (χ1v) is 9.62. The predicted octanol–water partition coefficient (Wildman–Crippen LogP) is 2.70. The van der Waals surface area contributed by atoms with Crippen molar-refractivity contribution >= 4 is 9.84 Å². The van der Waals surface area contributed by atoms with Crippen LogP contribution in [0.3, 0.4) is 0 Å². The molecular weight excluding hydrogens is 286 g/mol. The summed E-state index contributed by atoms with van der Waals surface area (Å²) in [5, 5.41) is 3.55. The van der Waals surface area contributed by atoms with E-state index in [1.807, 2.05) is 24.3 Å². The van der Waals surface area contributed by atoms with Crippen LogP contribution in [0.2, 0.25) is 0 Å². The lowest BCUT2D eigenvalue weighted by atomic mass is 9.94. The van der Waals surface area contributed by atoms with E-state index in [0.29, 0.717) is 6.04 Å². The zero-order valence-electron chi connectivity index (χ0n) is 12.8. The molecule has 0 spiro atoms. The van der Waals surface area contributed by atoms with Gasteiger partial charge in [-0.05, 0) is 30.5 Å². The molecule has 2 rings (SSSR count). The van der Waals surface area contributed by atoms with Gasteiger partial charge in [-0.2, -0.15) is 0 Å². The molecule has 1 aromatic rings. The summed E-state index contributed by atoms with van der Waals surface area (Å²) in [6.07, 6.45) is 7.31. The highest BCUT2D eigenvalue weighted by Crippen LogP contribution is 2.24. The van der Waals surface area contributed by atoms with Crippen molar-refractivity contribution < 1.29 is 13.2 Å². The first-order valence-electron chi connectivity index (χ1n) is 7.55. The van der Waals surface area contributed by atoms with Gasteiger partial charge >= 0.3 is 0 Å². The average molecular weight is 311 g/mol. The van der Waals surface area contributed by atoms with Crippen LogP contribution in [0.25, 0.3) is 0 Å². The van der Waals surface area contributed by atoms with Gasteiger partial charge in [0.05, 0.1) is 12.9 Å². The Balaban J connectivity index is 2.13. The first kappa shape index (κ1) is 16.3. The highest BCUT2D eigenvalue weighted by atomic mass is 32.2. The molecule has 0 radical (unpaired) electrons. The zero-order valence-corrected chi connectivity index (χ0v) is 13.7. The number of methoxy groups -OCH3 is 1. The van der Waals surface area contributed by atoms with Gasteiger partial charge in [0, 0.05) is 18.3 Å². The molecule has 1 unspecified atom stereocenters. The Morgan fingerprint density at radius 3 is 2.33 bits per heavy atom. The maximum Gasteiger partial charge on any atom is 0.149 e. The van der Waals surface area contributed by atoms with E-state index in [-0.39, 0.29) is 11.8 Å². The molecule has 21 heavy (non-hydrogen) atoms. The maximum absolute atomic E-state index is 11.7. The fourth-order valence-corrected chi connectivity index (χ4v) is 3.83. The molecule has 0 aromatic heterocycles. The van der Waals surface area contributed by atoms with Gasteiger partial charge in [0.25, 0.3) is 0 Å². The molecule has 1 fully saturated rings. The van der Waals surface area contributed by atoms with E-state index in [1.165, 1.54) is 25.5 Å². The van der Waals surface area contributed by atoms with Crippen LogP contribution >= 0.6 is 0 Å². The molecule has 1 aliphatic carbocycles. The van der Waals surface area contributed by atoms with Crippen LogP contribution in [0.15, 0.2) is 24.3 Å². The molecule has 1 atom stereocenters. The molecule has 4 nitrogen and oxygen atoms in total. The van der Waals surface area contributed by atoms with E-state index in [0.717, 1.165) is 24.2 Å². The molecule has 0 amide bonds. The number of rotatable bonds is 6. The number of hydrogen-bond donors (Lipinski definition) is 1. The van der Waals surface area contributed by atoms with Crippen molar-refractivity contribution in [3.63, 3.8) is 0 Å². The average Bonchev–Trinajstić information content (AvgIpc) is 2.46. The summed E-state index contributed by atoms with van der Waals surface area (Å²) in [4.78, 5) is 0. The lowest BCUT2D eigenvalue weighted by Crippen LogP contribution is -2.37. The molecule has 0 aliphatic heterocycles. The molecule has 118 valence electrons. The van der Waals surface area contributed by atoms with Crippen molar-refractivity contribution in [3.05, 3.63) is 29.8 Å². The topological polar surface area (TPSA) is 55.4 Å². The molecule has 0 saturated heterocycles. The van der Waals surface area contributed by atoms with Gasteiger partial charge in [0.15, 0.2) is 0 Å². The summed E-state index contributed by atoms with van der Waals surface area (Å²) in [5.74, 6) is 0.921. The molecule has 0 heterocycles. The summed E-state index contributed by atoms with van der Waals surface area (Å²) in [7, 11) is -1.40. The smallest absolute Gasteiger partial charge is 0.149 e.